The monoisotopic (exact) mass is 225 g/mol. The van der Waals surface area contributed by atoms with Gasteiger partial charge in [0.15, 0.2) is 0 Å². The quantitative estimate of drug-likeness (QED) is 0.857. The van der Waals surface area contributed by atoms with Gasteiger partial charge in [-0.15, -0.1) is 12.4 Å². The molecule has 1 rings (SSSR count). The minimum Gasteiger partial charge on any atom is -0.435 e. The molecular formula is C9H14ClF2NO. The number of rotatable bonds is 3. The van der Waals surface area contributed by atoms with Crippen LogP contribution in [0.3, 0.4) is 0 Å². The van der Waals surface area contributed by atoms with Crippen LogP contribution in [0.2, 0.25) is 0 Å². The van der Waals surface area contributed by atoms with Gasteiger partial charge < -0.3 is 10.9 Å². The fraction of sp³-hybridized carbons (Fsp3) is 0.333. The van der Waals surface area contributed by atoms with Gasteiger partial charge in [-0.05, 0) is 24.1 Å². The van der Waals surface area contributed by atoms with E-state index >= 15 is 0 Å². The van der Waals surface area contributed by atoms with Crippen molar-refractivity contribution >= 4 is 12.4 Å². The first-order valence-corrected chi connectivity index (χ1v) is 3.76. The Labute approximate surface area is 88.3 Å². The van der Waals surface area contributed by atoms with Crippen molar-refractivity contribution in [1.29, 1.82) is 0 Å². The fourth-order valence-electron chi connectivity index (χ4n) is 0.942. The van der Waals surface area contributed by atoms with E-state index in [0.717, 1.165) is 12.0 Å². The predicted octanol–water partition coefficient (Wildman–Crippen LogP) is 3.43. The third-order valence-electron chi connectivity index (χ3n) is 1.53. The highest BCUT2D eigenvalue weighted by Gasteiger charge is 2.03. The molecule has 0 fully saturated rings. The van der Waals surface area contributed by atoms with E-state index in [0.29, 0.717) is 0 Å². The molecule has 0 spiro atoms. The predicted molar refractivity (Wildman–Crippen MR) is 54.7 cm³/mol. The summed E-state index contributed by atoms with van der Waals surface area (Å²) >= 11 is 0. The van der Waals surface area contributed by atoms with Crippen LogP contribution < -0.4 is 10.9 Å². The molecule has 0 bridgehead atoms. The van der Waals surface area contributed by atoms with Gasteiger partial charge in [0.05, 0.1) is 0 Å². The zero-order valence-electron chi connectivity index (χ0n) is 7.87. The lowest BCUT2D eigenvalue weighted by molar-refractivity contribution is -0.0498. The number of aryl methyl sites for hydroxylation is 1. The van der Waals surface area contributed by atoms with Gasteiger partial charge in [-0.25, -0.2) is 0 Å². The fourth-order valence-corrected chi connectivity index (χ4v) is 0.942. The summed E-state index contributed by atoms with van der Waals surface area (Å²) in [5.41, 5.74) is 0.994. The van der Waals surface area contributed by atoms with Crippen LogP contribution in [0.15, 0.2) is 24.3 Å². The Balaban J connectivity index is 0. The smallest absolute Gasteiger partial charge is 0.387 e. The number of hydrogen-bond donors (Lipinski definition) is 1. The minimum absolute atomic E-state index is 0. The number of ether oxygens (including phenoxy) is 1. The van der Waals surface area contributed by atoms with Crippen LogP contribution in [0, 0.1) is 0 Å². The lowest BCUT2D eigenvalue weighted by Gasteiger charge is -2.04. The molecule has 3 N–H and O–H groups in total. The average Bonchev–Trinajstić information content (AvgIpc) is 2.03. The highest BCUT2D eigenvalue weighted by Crippen LogP contribution is 2.15. The van der Waals surface area contributed by atoms with Crippen molar-refractivity contribution in [1.82, 2.24) is 6.15 Å². The largest absolute Gasteiger partial charge is 0.435 e. The molecule has 0 amide bonds. The summed E-state index contributed by atoms with van der Waals surface area (Å²) in [4.78, 5) is 0. The Morgan fingerprint density at radius 1 is 1.36 bits per heavy atom. The normalized spacial score (nSPS) is 8.86. The summed E-state index contributed by atoms with van der Waals surface area (Å²) in [5.74, 6) is 0.226. The molecule has 2 nitrogen and oxygen atoms in total. The van der Waals surface area contributed by atoms with E-state index in [1.54, 1.807) is 12.1 Å². The van der Waals surface area contributed by atoms with Crippen molar-refractivity contribution in [3.05, 3.63) is 29.8 Å². The molecule has 1 aromatic rings. The van der Waals surface area contributed by atoms with Gasteiger partial charge in [0, 0.05) is 0 Å². The molecule has 0 saturated carbocycles. The second-order valence-electron chi connectivity index (χ2n) is 2.38. The molecule has 5 heteroatoms. The van der Waals surface area contributed by atoms with Crippen molar-refractivity contribution in [2.45, 2.75) is 20.0 Å². The van der Waals surface area contributed by atoms with Gasteiger partial charge in [-0.2, -0.15) is 8.78 Å². The van der Waals surface area contributed by atoms with E-state index in [4.69, 9.17) is 0 Å². The highest BCUT2D eigenvalue weighted by molar-refractivity contribution is 5.85. The maximum absolute atomic E-state index is 11.7. The van der Waals surface area contributed by atoms with Crippen LogP contribution in [-0.4, -0.2) is 6.61 Å². The Bertz CT molecular complexity index is 258. The second kappa shape index (κ2) is 7.53. The molecule has 0 radical (unpaired) electrons. The summed E-state index contributed by atoms with van der Waals surface area (Å²) < 4.78 is 27.7. The van der Waals surface area contributed by atoms with Crippen LogP contribution in [0.4, 0.5) is 8.78 Å². The first kappa shape index (κ1) is 15.6. The Morgan fingerprint density at radius 3 is 2.50 bits per heavy atom. The summed E-state index contributed by atoms with van der Waals surface area (Å²) in [6.07, 6.45) is 0.820. The SMILES string of the molecule is CCc1cccc(OC(F)F)c1.Cl.N. The zero-order valence-corrected chi connectivity index (χ0v) is 8.69. The third kappa shape index (κ3) is 4.99. The van der Waals surface area contributed by atoms with Crippen LogP contribution >= 0.6 is 12.4 Å². The lowest BCUT2D eigenvalue weighted by atomic mass is 10.2. The molecule has 82 valence electrons. The van der Waals surface area contributed by atoms with Gasteiger partial charge in [-0.1, -0.05) is 19.1 Å². The Kier molecular flexibility index (Phi) is 8.38. The molecular weight excluding hydrogens is 212 g/mol. The average molecular weight is 226 g/mol. The number of hydrogen-bond acceptors (Lipinski definition) is 2. The first-order valence-electron chi connectivity index (χ1n) is 3.76. The van der Waals surface area contributed by atoms with Crippen molar-refractivity contribution in [2.24, 2.45) is 0 Å². The third-order valence-corrected chi connectivity index (χ3v) is 1.53. The summed E-state index contributed by atoms with van der Waals surface area (Å²) in [6, 6.07) is 6.71. The van der Waals surface area contributed by atoms with E-state index in [9.17, 15) is 8.78 Å². The second-order valence-corrected chi connectivity index (χ2v) is 2.38. The van der Waals surface area contributed by atoms with Crippen LogP contribution in [0.1, 0.15) is 12.5 Å². The van der Waals surface area contributed by atoms with Crippen LogP contribution in [-0.2, 0) is 6.42 Å². The Hall–Kier alpha value is -0.870. The van der Waals surface area contributed by atoms with Gasteiger partial charge >= 0.3 is 6.61 Å². The van der Waals surface area contributed by atoms with Crippen LogP contribution in [0.5, 0.6) is 5.75 Å². The van der Waals surface area contributed by atoms with Crippen molar-refractivity contribution in [3.63, 3.8) is 0 Å². The molecule has 0 heterocycles. The maximum Gasteiger partial charge on any atom is 0.387 e. The number of halogens is 3. The first-order chi connectivity index (χ1) is 5.72. The number of benzene rings is 1. The topological polar surface area (TPSA) is 44.2 Å². The van der Waals surface area contributed by atoms with Gasteiger partial charge in [-0.3, -0.25) is 0 Å². The van der Waals surface area contributed by atoms with Gasteiger partial charge in [0.25, 0.3) is 0 Å². The van der Waals surface area contributed by atoms with E-state index in [-0.39, 0.29) is 24.3 Å². The standard InChI is InChI=1S/C9H10F2O.ClH.H3N/c1-2-7-4-3-5-8(6-7)12-9(10)11;;/h3-6,9H,2H2,1H3;1H;1H3. The van der Waals surface area contributed by atoms with Crippen molar-refractivity contribution in [3.8, 4) is 5.75 Å². The zero-order chi connectivity index (χ0) is 8.97. The van der Waals surface area contributed by atoms with Crippen LogP contribution in [0.25, 0.3) is 0 Å². The molecule has 0 unspecified atom stereocenters. The van der Waals surface area contributed by atoms with E-state index in [2.05, 4.69) is 4.74 Å². The number of alkyl halides is 2. The molecule has 1 aromatic carbocycles. The van der Waals surface area contributed by atoms with Crippen molar-refractivity contribution in [2.75, 3.05) is 0 Å². The molecule has 0 aliphatic carbocycles. The molecule has 14 heavy (non-hydrogen) atoms. The molecule has 0 aliphatic rings. The molecule has 0 aliphatic heterocycles. The minimum atomic E-state index is -2.74. The van der Waals surface area contributed by atoms with E-state index in [1.165, 1.54) is 6.07 Å². The maximum atomic E-state index is 11.7. The Morgan fingerprint density at radius 2 is 2.00 bits per heavy atom. The molecule has 0 saturated heterocycles. The van der Waals surface area contributed by atoms with E-state index in [1.807, 2.05) is 13.0 Å². The lowest BCUT2D eigenvalue weighted by Crippen LogP contribution is -2.01. The van der Waals surface area contributed by atoms with Gasteiger partial charge in [0.2, 0.25) is 0 Å². The highest BCUT2D eigenvalue weighted by atomic mass is 35.5. The summed E-state index contributed by atoms with van der Waals surface area (Å²) in [6.45, 7) is -0.779. The van der Waals surface area contributed by atoms with Crippen molar-refractivity contribution < 1.29 is 13.5 Å². The molecule has 0 aromatic heterocycles. The van der Waals surface area contributed by atoms with E-state index < -0.39 is 6.61 Å². The summed E-state index contributed by atoms with van der Waals surface area (Å²) in [7, 11) is 0. The molecule has 0 atom stereocenters. The van der Waals surface area contributed by atoms with Gasteiger partial charge in [0.1, 0.15) is 5.75 Å². The summed E-state index contributed by atoms with van der Waals surface area (Å²) in [5, 5.41) is 0.